The van der Waals surface area contributed by atoms with Crippen LogP contribution in [0.2, 0.25) is 0 Å². The van der Waals surface area contributed by atoms with Crippen molar-refractivity contribution in [3.8, 4) is 0 Å². The summed E-state index contributed by atoms with van der Waals surface area (Å²) in [5, 5.41) is 7.07. The number of nitrogens with zero attached hydrogens (tertiary/aromatic N) is 1. The van der Waals surface area contributed by atoms with Gasteiger partial charge in [-0.1, -0.05) is 20.8 Å². The Morgan fingerprint density at radius 2 is 2.12 bits per heavy atom. The largest absolute Gasteiger partial charge is 0.314 e. The van der Waals surface area contributed by atoms with Gasteiger partial charge in [-0.25, -0.2) is 4.98 Å². The maximum absolute atomic E-state index is 4.56. The van der Waals surface area contributed by atoms with E-state index in [1.807, 2.05) is 0 Å². The SMILES string of the molecule is CCCNC(CCC(C)C)Cc1nc(C)cs1. The van der Waals surface area contributed by atoms with Crippen LogP contribution in [-0.2, 0) is 6.42 Å². The highest BCUT2D eigenvalue weighted by Gasteiger charge is 2.11. The summed E-state index contributed by atoms with van der Waals surface area (Å²) in [4.78, 5) is 4.56. The molecular formula is C14H26N2S. The Morgan fingerprint density at radius 1 is 1.35 bits per heavy atom. The fraction of sp³-hybridized carbons (Fsp3) is 0.786. The molecule has 0 saturated heterocycles. The summed E-state index contributed by atoms with van der Waals surface area (Å²) in [5.41, 5.74) is 1.16. The molecule has 17 heavy (non-hydrogen) atoms. The first-order chi connectivity index (χ1) is 8.11. The van der Waals surface area contributed by atoms with Crippen LogP contribution in [0, 0.1) is 12.8 Å². The molecule has 0 aliphatic rings. The summed E-state index contributed by atoms with van der Waals surface area (Å²) in [6.45, 7) is 10.0. The summed E-state index contributed by atoms with van der Waals surface area (Å²) in [6, 6.07) is 0.600. The van der Waals surface area contributed by atoms with Crippen LogP contribution >= 0.6 is 11.3 Å². The van der Waals surface area contributed by atoms with E-state index < -0.39 is 0 Å². The van der Waals surface area contributed by atoms with Crippen LogP contribution in [-0.4, -0.2) is 17.6 Å². The highest BCUT2D eigenvalue weighted by Crippen LogP contribution is 2.15. The Hall–Kier alpha value is -0.410. The van der Waals surface area contributed by atoms with Crippen molar-refractivity contribution in [3.05, 3.63) is 16.1 Å². The third-order valence-corrected chi connectivity index (χ3v) is 3.85. The van der Waals surface area contributed by atoms with Crippen molar-refractivity contribution in [2.45, 2.75) is 59.4 Å². The molecule has 98 valence electrons. The van der Waals surface area contributed by atoms with Gasteiger partial charge < -0.3 is 5.32 Å². The molecule has 0 radical (unpaired) electrons. The third kappa shape index (κ3) is 6.18. The number of aryl methyl sites for hydroxylation is 1. The molecule has 0 aliphatic carbocycles. The number of rotatable bonds is 8. The predicted octanol–water partition coefficient (Wildman–Crippen LogP) is 3.80. The van der Waals surface area contributed by atoms with Crippen molar-refractivity contribution in [3.63, 3.8) is 0 Å². The van der Waals surface area contributed by atoms with Crippen LogP contribution < -0.4 is 5.32 Å². The van der Waals surface area contributed by atoms with E-state index >= 15 is 0 Å². The normalized spacial score (nSPS) is 13.2. The average molecular weight is 254 g/mol. The standard InChI is InChI=1S/C14H26N2S/c1-5-8-15-13(7-6-11(2)3)9-14-16-12(4)10-17-14/h10-11,13,15H,5-9H2,1-4H3. The average Bonchev–Trinajstić information content (AvgIpc) is 2.68. The zero-order valence-corrected chi connectivity index (χ0v) is 12.4. The van der Waals surface area contributed by atoms with Gasteiger partial charge in [-0.05, 0) is 38.6 Å². The lowest BCUT2D eigenvalue weighted by molar-refractivity contribution is 0.427. The van der Waals surface area contributed by atoms with E-state index in [1.54, 1.807) is 11.3 Å². The van der Waals surface area contributed by atoms with Gasteiger partial charge in [0.2, 0.25) is 0 Å². The van der Waals surface area contributed by atoms with E-state index in [-0.39, 0.29) is 0 Å². The van der Waals surface area contributed by atoms with Gasteiger partial charge >= 0.3 is 0 Å². The molecule has 0 bridgehead atoms. The van der Waals surface area contributed by atoms with Gasteiger partial charge in [-0.2, -0.15) is 0 Å². The van der Waals surface area contributed by atoms with Crippen LogP contribution in [0.3, 0.4) is 0 Å². The van der Waals surface area contributed by atoms with Crippen LogP contribution in [0.25, 0.3) is 0 Å². The molecular weight excluding hydrogens is 228 g/mol. The van der Waals surface area contributed by atoms with Gasteiger partial charge in [0.1, 0.15) is 0 Å². The Labute approximate surface area is 110 Å². The Bertz CT molecular complexity index is 307. The van der Waals surface area contributed by atoms with E-state index in [0.29, 0.717) is 6.04 Å². The molecule has 0 spiro atoms. The number of hydrogen-bond acceptors (Lipinski definition) is 3. The first-order valence-electron chi connectivity index (χ1n) is 6.76. The second kappa shape index (κ2) is 7.83. The summed E-state index contributed by atoms with van der Waals surface area (Å²) < 4.78 is 0. The van der Waals surface area contributed by atoms with E-state index in [2.05, 4.69) is 43.4 Å². The molecule has 1 aromatic rings. The monoisotopic (exact) mass is 254 g/mol. The molecule has 0 aromatic carbocycles. The Balaban J connectivity index is 2.44. The third-order valence-electron chi connectivity index (χ3n) is 2.86. The lowest BCUT2D eigenvalue weighted by Gasteiger charge is -2.18. The second-order valence-corrected chi connectivity index (χ2v) is 6.15. The van der Waals surface area contributed by atoms with Crippen molar-refractivity contribution in [1.82, 2.24) is 10.3 Å². The fourth-order valence-corrected chi connectivity index (χ4v) is 2.72. The summed E-state index contributed by atoms with van der Waals surface area (Å²) in [5.74, 6) is 0.791. The number of hydrogen-bond donors (Lipinski definition) is 1. The van der Waals surface area contributed by atoms with E-state index in [0.717, 1.165) is 24.6 Å². The molecule has 0 fully saturated rings. The molecule has 3 heteroatoms. The van der Waals surface area contributed by atoms with E-state index in [9.17, 15) is 0 Å². The summed E-state index contributed by atoms with van der Waals surface area (Å²) in [7, 11) is 0. The molecule has 1 atom stereocenters. The van der Waals surface area contributed by atoms with Gasteiger partial charge in [0.25, 0.3) is 0 Å². The van der Waals surface area contributed by atoms with Gasteiger partial charge in [0.05, 0.1) is 5.01 Å². The zero-order chi connectivity index (χ0) is 12.7. The molecule has 2 nitrogen and oxygen atoms in total. The van der Waals surface area contributed by atoms with E-state index in [4.69, 9.17) is 0 Å². The van der Waals surface area contributed by atoms with Crippen LogP contribution in [0.15, 0.2) is 5.38 Å². The molecule has 1 aromatic heterocycles. The Kier molecular flexibility index (Phi) is 6.75. The quantitative estimate of drug-likeness (QED) is 0.763. The molecule has 0 saturated carbocycles. The molecule has 1 heterocycles. The van der Waals surface area contributed by atoms with Gasteiger partial charge in [-0.15, -0.1) is 11.3 Å². The predicted molar refractivity (Wildman–Crippen MR) is 76.7 cm³/mol. The summed E-state index contributed by atoms with van der Waals surface area (Å²) >= 11 is 1.79. The number of thiazole rings is 1. The number of nitrogens with one attached hydrogen (secondary N) is 1. The van der Waals surface area contributed by atoms with Crippen molar-refractivity contribution in [2.24, 2.45) is 5.92 Å². The van der Waals surface area contributed by atoms with Crippen molar-refractivity contribution in [1.29, 1.82) is 0 Å². The van der Waals surface area contributed by atoms with Crippen LogP contribution in [0.5, 0.6) is 0 Å². The Morgan fingerprint density at radius 3 is 2.65 bits per heavy atom. The minimum absolute atomic E-state index is 0.600. The minimum Gasteiger partial charge on any atom is -0.314 e. The minimum atomic E-state index is 0.600. The van der Waals surface area contributed by atoms with E-state index in [1.165, 1.54) is 24.3 Å². The molecule has 0 amide bonds. The molecule has 1 rings (SSSR count). The second-order valence-electron chi connectivity index (χ2n) is 5.21. The summed E-state index contributed by atoms with van der Waals surface area (Å²) in [6.07, 6.45) is 4.85. The lowest BCUT2D eigenvalue weighted by Crippen LogP contribution is -2.32. The van der Waals surface area contributed by atoms with Gasteiger partial charge in [-0.3, -0.25) is 0 Å². The van der Waals surface area contributed by atoms with Crippen LogP contribution in [0.4, 0.5) is 0 Å². The van der Waals surface area contributed by atoms with Crippen LogP contribution in [0.1, 0.15) is 50.7 Å². The fourth-order valence-electron chi connectivity index (χ4n) is 1.87. The highest BCUT2D eigenvalue weighted by atomic mass is 32.1. The first kappa shape index (κ1) is 14.7. The van der Waals surface area contributed by atoms with Crippen molar-refractivity contribution in [2.75, 3.05) is 6.54 Å². The van der Waals surface area contributed by atoms with Gasteiger partial charge in [0.15, 0.2) is 0 Å². The maximum Gasteiger partial charge on any atom is 0.0943 e. The smallest absolute Gasteiger partial charge is 0.0943 e. The van der Waals surface area contributed by atoms with Gasteiger partial charge in [0, 0.05) is 23.5 Å². The zero-order valence-electron chi connectivity index (χ0n) is 11.6. The first-order valence-corrected chi connectivity index (χ1v) is 7.64. The molecule has 1 unspecified atom stereocenters. The maximum atomic E-state index is 4.56. The molecule has 0 aliphatic heterocycles. The van der Waals surface area contributed by atoms with Crippen molar-refractivity contribution >= 4 is 11.3 Å². The lowest BCUT2D eigenvalue weighted by atomic mass is 10.0. The topological polar surface area (TPSA) is 24.9 Å². The van der Waals surface area contributed by atoms with Crippen molar-refractivity contribution < 1.29 is 0 Å². The number of aromatic nitrogens is 1. The molecule has 1 N–H and O–H groups in total. The highest BCUT2D eigenvalue weighted by molar-refractivity contribution is 7.09.